The molecule has 0 amide bonds. The van der Waals surface area contributed by atoms with Crippen LogP contribution in [0.5, 0.6) is 5.75 Å². The summed E-state index contributed by atoms with van der Waals surface area (Å²) in [5.41, 5.74) is 8.60. The second-order valence-electron chi connectivity index (χ2n) is 5.04. The largest absolute Gasteiger partial charge is 0.467 e. The summed E-state index contributed by atoms with van der Waals surface area (Å²) in [7, 11) is 0. The molecule has 0 saturated carbocycles. The van der Waals surface area contributed by atoms with Crippen molar-refractivity contribution in [3.8, 4) is 5.75 Å². The van der Waals surface area contributed by atoms with Gasteiger partial charge in [-0.25, -0.2) is 0 Å². The Morgan fingerprint density at radius 3 is 2.83 bits per heavy atom. The number of fused-ring (bicyclic) bond motifs is 1. The van der Waals surface area contributed by atoms with Gasteiger partial charge >= 0.3 is 0 Å². The Bertz CT molecular complexity index is 418. The van der Waals surface area contributed by atoms with E-state index in [0.29, 0.717) is 25.9 Å². The molecule has 2 rings (SSSR count). The van der Waals surface area contributed by atoms with E-state index in [-0.39, 0.29) is 6.10 Å². The van der Waals surface area contributed by atoms with Crippen molar-refractivity contribution < 1.29 is 14.2 Å². The molecule has 18 heavy (non-hydrogen) atoms. The maximum atomic E-state index is 5.88. The van der Waals surface area contributed by atoms with Crippen LogP contribution in [0, 0.1) is 5.92 Å². The molecule has 0 fully saturated rings. The summed E-state index contributed by atoms with van der Waals surface area (Å²) in [5, 5.41) is 0. The Hall–Kier alpha value is -1.26. The van der Waals surface area contributed by atoms with E-state index < -0.39 is 0 Å². The van der Waals surface area contributed by atoms with Gasteiger partial charge in [-0.1, -0.05) is 13.8 Å². The van der Waals surface area contributed by atoms with Crippen molar-refractivity contribution in [1.29, 1.82) is 0 Å². The van der Waals surface area contributed by atoms with E-state index >= 15 is 0 Å². The van der Waals surface area contributed by atoms with Gasteiger partial charge < -0.3 is 19.9 Å². The predicted molar refractivity (Wildman–Crippen MR) is 70.2 cm³/mol. The van der Waals surface area contributed by atoms with Crippen LogP contribution in [0.4, 0.5) is 5.69 Å². The lowest BCUT2D eigenvalue weighted by Crippen LogP contribution is -2.17. The van der Waals surface area contributed by atoms with Gasteiger partial charge in [0.25, 0.3) is 0 Å². The molecule has 0 saturated heterocycles. The van der Waals surface area contributed by atoms with E-state index in [1.807, 2.05) is 12.1 Å². The summed E-state index contributed by atoms with van der Waals surface area (Å²) in [6.45, 7) is 7.73. The zero-order chi connectivity index (χ0) is 13.1. The molecular formula is C14H21NO3. The molecule has 0 bridgehead atoms. The zero-order valence-electron chi connectivity index (χ0n) is 11.2. The number of nitrogen functional groups attached to an aromatic ring is 1. The number of benzene rings is 1. The van der Waals surface area contributed by atoms with Crippen molar-refractivity contribution in [2.24, 2.45) is 5.92 Å². The van der Waals surface area contributed by atoms with Crippen LogP contribution in [0.3, 0.4) is 0 Å². The quantitative estimate of drug-likeness (QED) is 0.836. The number of rotatable bonds is 4. The van der Waals surface area contributed by atoms with Crippen LogP contribution in [-0.2, 0) is 22.7 Å². The van der Waals surface area contributed by atoms with Crippen LogP contribution in [-0.4, -0.2) is 12.9 Å². The Kier molecular flexibility index (Phi) is 4.09. The molecule has 0 aliphatic carbocycles. The molecule has 1 heterocycles. The molecule has 0 radical (unpaired) electrons. The summed E-state index contributed by atoms with van der Waals surface area (Å²) in [5.74, 6) is 1.36. The zero-order valence-corrected chi connectivity index (χ0v) is 11.2. The first-order valence-electron chi connectivity index (χ1n) is 6.31. The number of hydrogen-bond acceptors (Lipinski definition) is 4. The maximum Gasteiger partial charge on any atom is 0.189 e. The minimum atomic E-state index is 0.210. The molecule has 1 unspecified atom stereocenters. The molecule has 0 aromatic heterocycles. The first-order valence-corrected chi connectivity index (χ1v) is 6.31. The minimum absolute atomic E-state index is 0.210. The molecular weight excluding hydrogens is 230 g/mol. The number of ether oxygens (including phenoxy) is 3. The summed E-state index contributed by atoms with van der Waals surface area (Å²) in [4.78, 5) is 0. The third-order valence-corrected chi connectivity index (χ3v) is 3.25. The summed E-state index contributed by atoms with van der Waals surface area (Å²) < 4.78 is 16.6. The van der Waals surface area contributed by atoms with Crippen LogP contribution in [0.2, 0.25) is 0 Å². The topological polar surface area (TPSA) is 53.7 Å². The number of hydrogen-bond donors (Lipinski definition) is 1. The van der Waals surface area contributed by atoms with Crippen molar-refractivity contribution in [3.63, 3.8) is 0 Å². The van der Waals surface area contributed by atoms with E-state index in [9.17, 15) is 0 Å². The fraction of sp³-hybridized carbons (Fsp3) is 0.571. The van der Waals surface area contributed by atoms with Crippen molar-refractivity contribution >= 4 is 5.69 Å². The molecule has 1 aliphatic heterocycles. The molecule has 100 valence electrons. The molecule has 1 atom stereocenters. The van der Waals surface area contributed by atoms with Gasteiger partial charge in [0, 0.05) is 16.8 Å². The Morgan fingerprint density at radius 1 is 1.33 bits per heavy atom. The van der Waals surface area contributed by atoms with Crippen LogP contribution in [0.15, 0.2) is 12.1 Å². The van der Waals surface area contributed by atoms with E-state index in [0.717, 1.165) is 22.6 Å². The van der Waals surface area contributed by atoms with Gasteiger partial charge in [0.1, 0.15) is 5.75 Å². The third kappa shape index (κ3) is 2.94. The standard InChI is InChI=1S/C14H21NO3/c1-9(2)10(3)17-7-12-5-13(15)4-11-6-16-8-18-14(11)12/h4-5,9-10H,6-8,15H2,1-3H3. The Balaban J connectivity index is 2.14. The van der Waals surface area contributed by atoms with Gasteiger partial charge in [0.05, 0.1) is 19.3 Å². The molecule has 1 aromatic rings. The van der Waals surface area contributed by atoms with Gasteiger partial charge in [0.15, 0.2) is 6.79 Å². The molecule has 4 nitrogen and oxygen atoms in total. The average Bonchev–Trinajstić information content (AvgIpc) is 2.35. The van der Waals surface area contributed by atoms with Crippen molar-refractivity contribution in [2.45, 2.75) is 40.1 Å². The lowest BCUT2D eigenvalue weighted by Gasteiger charge is -2.23. The van der Waals surface area contributed by atoms with Crippen LogP contribution >= 0.6 is 0 Å². The first kappa shape index (κ1) is 13.2. The van der Waals surface area contributed by atoms with Crippen LogP contribution in [0.25, 0.3) is 0 Å². The molecule has 1 aliphatic rings. The normalized spacial score (nSPS) is 16.2. The Morgan fingerprint density at radius 2 is 2.11 bits per heavy atom. The average molecular weight is 251 g/mol. The fourth-order valence-corrected chi connectivity index (χ4v) is 1.85. The van der Waals surface area contributed by atoms with E-state index in [1.54, 1.807) is 0 Å². The maximum absolute atomic E-state index is 5.88. The summed E-state index contributed by atoms with van der Waals surface area (Å²) in [6, 6.07) is 3.81. The number of anilines is 1. The van der Waals surface area contributed by atoms with Gasteiger partial charge in [-0.3, -0.25) is 0 Å². The number of nitrogens with two attached hydrogens (primary N) is 1. The van der Waals surface area contributed by atoms with Gasteiger partial charge in [0.2, 0.25) is 0 Å². The highest BCUT2D eigenvalue weighted by Gasteiger charge is 2.17. The lowest BCUT2D eigenvalue weighted by molar-refractivity contribution is -0.0209. The lowest BCUT2D eigenvalue weighted by atomic mass is 10.1. The first-order chi connectivity index (χ1) is 8.58. The highest BCUT2D eigenvalue weighted by molar-refractivity contribution is 5.53. The van der Waals surface area contributed by atoms with Crippen LogP contribution < -0.4 is 10.5 Å². The van der Waals surface area contributed by atoms with Gasteiger partial charge in [-0.2, -0.15) is 0 Å². The predicted octanol–water partition coefficient (Wildman–Crippen LogP) is 2.70. The minimum Gasteiger partial charge on any atom is -0.467 e. The molecule has 4 heteroatoms. The van der Waals surface area contributed by atoms with Crippen molar-refractivity contribution in [1.82, 2.24) is 0 Å². The SMILES string of the molecule is CC(C)C(C)OCc1cc(N)cc2c1OCOC2. The van der Waals surface area contributed by atoms with Crippen LogP contribution in [0.1, 0.15) is 31.9 Å². The summed E-state index contributed by atoms with van der Waals surface area (Å²) >= 11 is 0. The van der Waals surface area contributed by atoms with E-state index in [2.05, 4.69) is 20.8 Å². The Labute approximate surface area is 108 Å². The smallest absolute Gasteiger partial charge is 0.189 e. The summed E-state index contributed by atoms with van der Waals surface area (Å²) in [6.07, 6.45) is 0.210. The highest BCUT2D eigenvalue weighted by Crippen LogP contribution is 2.31. The fourth-order valence-electron chi connectivity index (χ4n) is 1.85. The van der Waals surface area contributed by atoms with E-state index in [4.69, 9.17) is 19.9 Å². The molecule has 1 aromatic carbocycles. The monoisotopic (exact) mass is 251 g/mol. The molecule has 2 N–H and O–H groups in total. The second-order valence-corrected chi connectivity index (χ2v) is 5.04. The van der Waals surface area contributed by atoms with Gasteiger partial charge in [-0.05, 0) is 25.0 Å². The molecule has 0 spiro atoms. The van der Waals surface area contributed by atoms with Gasteiger partial charge in [-0.15, -0.1) is 0 Å². The van der Waals surface area contributed by atoms with Crippen molar-refractivity contribution in [3.05, 3.63) is 23.3 Å². The third-order valence-electron chi connectivity index (χ3n) is 3.25. The van der Waals surface area contributed by atoms with Crippen molar-refractivity contribution in [2.75, 3.05) is 12.5 Å². The highest BCUT2D eigenvalue weighted by atomic mass is 16.7. The van der Waals surface area contributed by atoms with E-state index in [1.165, 1.54) is 0 Å². The second kappa shape index (κ2) is 5.59.